The minimum atomic E-state index is -1.06. The van der Waals surface area contributed by atoms with Crippen molar-refractivity contribution in [2.24, 2.45) is 0 Å². The van der Waals surface area contributed by atoms with Crippen LogP contribution in [0.4, 0.5) is 9.18 Å². The highest BCUT2D eigenvalue weighted by atomic mass is 19.1. The molecule has 0 radical (unpaired) electrons. The van der Waals surface area contributed by atoms with Crippen molar-refractivity contribution in [3.8, 4) is 0 Å². The third-order valence-electron chi connectivity index (χ3n) is 3.08. The second-order valence-corrected chi connectivity index (χ2v) is 4.81. The summed E-state index contributed by atoms with van der Waals surface area (Å²) in [5, 5.41) is 11.5. The fraction of sp³-hybridized carbons (Fsp3) is 0.429. The summed E-state index contributed by atoms with van der Waals surface area (Å²) in [6.45, 7) is 3.24. The Morgan fingerprint density at radius 1 is 1.30 bits per heavy atom. The van der Waals surface area contributed by atoms with Gasteiger partial charge in [0.25, 0.3) is 0 Å². The van der Waals surface area contributed by atoms with Crippen LogP contribution >= 0.6 is 0 Å². The molecule has 6 heteroatoms. The molecule has 0 bridgehead atoms. The lowest BCUT2D eigenvalue weighted by atomic mass is 10.1. The first-order chi connectivity index (χ1) is 9.31. The van der Waals surface area contributed by atoms with Gasteiger partial charge in [0.15, 0.2) is 0 Å². The van der Waals surface area contributed by atoms with Gasteiger partial charge in [0.2, 0.25) is 0 Å². The van der Waals surface area contributed by atoms with Crippen molar-refractivity contribution >= 4 is 12.0 Å². The summed E-state index contributed by atoms with van der Waals surface area (Å²) >= 11 is 0. The number of carbonyl (C=O) groups excluding carboxylic acids is 1. The highest BCUT2D eigenvalue weighted by Crippen LogP contribution is 2.06. The Hall–Kier alpha value is -2.11. The van der Waals surface area contributed by atoms with Gasteiger partial charge in [-0.2, -0.15) is 0 Å². The second-order valence-electron chi connectivity index (χ2n) is 4.81. The number of carboxylic acids is 1. The number of rotatable bonds is 5. The van der Waals surface area contributed by atoms with Crippen molar-refractivity contribution < 1.29 is 19.1 Å². The predicted molar refractivity (Wildman–Crippen MR) is 73.0 cm³/mol. The van der Waals surface area contributed by atoms with E-state index in [4.69, 9.17) is 5.11 Å². The van der Waals surface area contributed by atoms with Crippen LogP contribution in [-0.2, 0) is 11.2 Å². The highest BCUT2D eigenvalue weighted by molar-refractivity contribution is 5.82. The first-order valence-corrected chi connectivity index (χ1v) is 6.32. The highest BCUT2D eigenvalue weighted by Gasteiger charge is 2.22. The molecule has 1 aromatic carbocycles. The predicted octanol–water partition coefficient (Wildman–Crippen LogP) is 1.87. The average Bonchev–Trinajstić information content (AvgIpc) is 2.39. The number of nitrogens with one attached hydrogen (secondary N) is 1. The second kappa shape index (κ2) is 6.88. The van der Waals surface area contributed by atoms with Crippen LogP contribution in [0.3, 0.4) is 0 Å². The monoisotopic (exact) mass is 282 g/mol. The van der Waals surface area contributed by atoms with Gasteiger partial charge in [-0.15, -0.1) is 0 Å². The van der Waals surface area contributed by atoms with Crippen LogP contribution in [0.1, 0.15) is 19.4 Å². The van der Waals surface area contributed by atoms with Gasteiger partial charge >= 0.3 is 12.0 Å². The van der Waals surface area contributed by atoms with Gasteiger partial charge in [-0.05, 0) is 38.0 Å². The number of hydrogen-bond donors (Lipinski definition) is 2. The summed E-state index contributed by atoms with van der Waals surface area (Å²) in [7, 11) is 1.43. The Labute approximate surface area is 117 Å². The summed E-state index contributed by atoms with van der Waals surface area (Å²) in [5.41, 5.74) is 0.896. The van der Waals surface area contributed by atoms with Crippen LogP contribution in [0, 0.1) is 5.82 Å². The first kappa shape index (κ1) is 15.9. The number of carbonyl (C=O) groups is 2. The number of aliphatic carboxylic acids is 1. The van der Waals surface area contributed by atoms with Gasteiger partial charge in [-0.3, -0.25) is 0 Å². The lowest BCUT2D eigenvalue weighted by molar-refractivity contribution is -0.141. The third-order valence-corrected chi connectivity index (χ3v) is 3.08. The lowest BCUT2D eigenvalue weighted by Crippen LogP contribution is -2.48. The van der Waals surface area contributed by atoms with E-state index in [0.29, 0.717) is 6.42 Å². The smallest absolute Gasteiger partial charge is 0.326 e. The molecule has 110 valence electrons. The minimum Gasteiger partial charge on any atom is -0.480 e. The van der Waals surface area contributed by atoms with Gasteiger partial charge in [0.05, 0.1) is 0 Å². The standard InChI is InChI=1S/C14H19FN2O3/c1-9(8-11-4-6-12(15)7-5-11)16-14(20)17(3)10(2)13(18)19/h4-7,9-10H,8H2,1-3H3,(H,16,20)(H,18,19). The van der Waals surface area contributed by atoms with E-state index >= 15 is 0 Å². The van der Waals surface area contributed by atoms with Crippen LogP contribution in [-0.4, -0.2) is 41.1 Å². The molecule has 1 aromatic rings. The van der Waals surface area contributed by atoms with Crippen molar-refractivity contribution in [1.29, 1.82) is 0 Å². The summed E-state index contributed by atoms with van der Waals surface area (Å²) in [4.78, 5) is 23.8. The molecule has 0 saturated carbocycles. The molecular formula is C14H19FN2O3. The van der Waals surface area contributed by atoms with Crippen LogP contribution in [0.25, 0.3) is 0 Å². The number of nitrogens with zero attached hydrogens (tertiary/aromatic N) is 1. The molecule has 2 atom stereocenters. The Morgan fingerprint density at radius 3 is 2.35 bits per heavy atom. The Morgan fingerprint density at radius 2 is 1.85 bits per heavy atom. The zero-order valence-electron chi connectivity index (χ0n) is 11.8. The molecule has 0 aliphatic rings. The van der Waals surface area contributed by atoms with Crippen molar-refractivity contribution in [2.45, 2.75) is 32.4 Å². The van der Waals surface area contributed by atoms with Crippen molar-refractivity contribution in [2.75, 3.05) is 7.05 Å². The minimum absolute atomic E-state index is 0.184. The van der Waals surface area contributed by atoms with E-state index in [0.717, 1.165) is 10.5 Å². The molecule has 0 aliphatic heterocycles. The summed E-state index contributed by atoms with van der Waals surface area (Å²) in [5.74, 6) is -1.37. The molecule has 0 spiro atoms. The molecule has 0 aliphatic carbocycles. The fourth-order valence-corrected chi connectivity index (χ4v) is 1.68. The van der Waals surface area contributed by atoms with Crippen molar-refractivity contribution in [1.82, 2.24) is 10.2 Å². The number of likely N-dealkylation sites (N-methyl/N-ethyl adjacent to an activating group) is 1. The van der Waals surface area contributed by atoms with E-state index in [9.17, 15) is 14.0 Å². The number of carboxylic acid groups (broad SMARTS) is 1. The molecule has 20 heavy (non-hydrogen) atoms. The molecule has 0 fully saturated rings. The van der Waals surface area contributed by atoms with Gasteiger partial charge in [-0.25, -0.2) is 14.0 Å². The van der Waals surface area contributed by atoms with Gasteiger partial charge < -0.3 is 15.3 Å². The van der Waals surface area contributed by atoms with Crippen LogP contribution in [0.2, 0.25) is 0 Å². The lowest BCUT2D eigenvalue weighted by Gasteiger charge is -2.24. The topological polar surface area (TPSA) is 69.6 Å². The summed E-state index contributed by atoms with van der Waals surface area (Å²) in [6.07, 6.45) is 0.543. The van der Waals surface area contributed by atoms with Gasteiger partial charge in [-0.1, -0.05) is 12.1 Å². The van der Waals surface area contributed by atoms with E-state index < -0.39 is 18.0 Å². The number of amides is 2. The largest absolute Gasteiger partial charge is 0.480 e. The van der Waals surface area contributed by atoms with Crippen molar-refractivity contribution in [3.05, 3.63) is 35.6 Å². The number of urea groups is 1. The molecule has 2 N–H and O–H groups in total. The molecule has 2 unspecified atom stereocenters. The molecule has 0 heterocycles. The van der Waals surface area contributed by atoms with Gasteiger partial charge in [0.1, 0.15) is 11.9 Å². The first-order valence-electron chi connectivity index (χ1n) is 6.32. The third kappa shape index (κ3) is 4.53. The Bertz CT molecular complexity index is 476. The summed E-state index contributed by atoms with van der Waals surface area (Å²) in [6, 6.07) is 4.51. The molecule has 5 nitrogen and oxygen atoms in total. The van der Waals surface area contributed by atoms with Crippen molar-refractivity contribution in [3.63, 3.8) is 0 Å². The zero-order chi connectivity index (χ0) is 15.3. The van der Waals surface area contributed by atoms with Crippen LogP contribution < -0.4 is 5.32 Å². The van der Waals surface area contributed by atoms with Crippen LogP contribution in [0.5, 0.6) is 0 Å². The molecule has 2 amide bonds. The average molecular weight is 282 g/mol. The Balaban J connectivity index is 2.53. The summed E-state index contributed by atoms with van der Waals surface area (Å²) < 4.78 is 12.8. The SMILES string of the molecule is CC(Cc1ccc(F)cc1)NC(=O)N(C)C(C)C(=O)O. The van der Waals surface area contributed by atoms with E-state index in [1.165, 1.54) is 26.1 Å². The normalized spacial score (nSPS) is 13.4. The maximum absolute atomic E-state index is 12.8. The molecule has 0 saturated heterocycles. The van der Waals surface area contributed by atoms with E-state index in [-0.39, 0.29) is 11.9 Å². The number of halogens is 1. The van der Waals surface area contributed by atoms with E-state index in [1.54, 1.807) is 19.1 Å². The number of benzene rings is 1. The Kier molecular flexibility index (Phi) is 5.49. The van der Waals surface area contributed by atoms with E-state index in [2.05, 4.69) is 5.32 Å². The fourth-order valence-electron chi connectivity index (χ4n) is 1.68. The molecular weight excluding hydrogens is 263 g/mol. The number of hydrogen-bond acceptors (Lipinski definition) is 2. The maximum atomic E-state index is 12.8. The zero-order valence-corrected chi connectivity index (χ0v) is 11.8. The quantitative estimate of drug-likeness (QED) is 0.866. The molecule has 1 rings (SSSR count). The van der Waals surface area contributed by atoms with Gasteiger partial charge in [0, 0.05) is 13.1 Å². The molecule has 0 aromatic heterocycles. The maximum Gasteiger partial charge on any atom is 0.326 e. The van der Waals surface area contributed by atoms with E-state index in [1.807, 2.05) is 0 Å². The van der Waals surface area contributed by atoms with Crippen LogP contribution in [0.15, 0.2) is 24.3 Å².